The zero-order chi connectivity index (χ0) is 21.3. The van der Waals surface area contributed by atoms with Gasteiger partial charge in [-0.25, -0.2) is 0 Å². The third-order valence-electron chi connectivity index (χ3n) is 5.52. The predicted molar refractivity (Wildman–Crippen MR) is 120 cm³/mol. The molecule has 0 aromatic rings. The van der Waals surface area contributed by atoms with Crippen molar-refractivity contribution in [3.63, 3.8) is 0 Å². The van der Waals surface area contributed by atoms with Gasteiger partial charge < -0.3 is 10.2 Å². The minimum absolute atomic E-state index is 0.233. The smallest absolute Gasteiger partial charge is 0.158 e. The summed E-state index contributed by atoms with van der Waals surface area (Å²) in [6.45, 7) is 3.73. The quantitative estimate of drug-likeness (QED) is 0.141. The second-order valence-electron chi connectivity index (χ2n) is 8.05. The number of ketones is 2. The summed E-state index contributed by atoms with van der Waals surface area (Å²) in [4.78, 5) is 25.4. The largest absolute Gasteiger partial charge is 0.394 e. The lowest BCUT2D eigenvalue weighted by Crippen LogP contribution is -2.52. The van der Waals surface area contributed by atoms with Crippen LogP contribution in [0.15, 0.2) is 0 Å². The molecule has 0 aliphatic carbocycles. The Hall–Kier alpha value is -0.390. The van der Waals surface area contributed by atoms with Crippen LogP contribution in [0, 0.1) is 0 Å². The fourth-order valence-electron chi connectivity index (χ4n) is 3.53. The SMILES string of the molecule is CCCCCCCCCC(=O)C(S)(C(=O)CCCCCCCCC)C(O)CO. The first-order valence-electron chi connectivity index (χ1n) is 11.5. The normalized spacial score (nSPS) is 12.9. The second-order valence-corrected chi connectivity index (χ2v) is 8.76. The molecule has 0 spiro atoms. The van der Waals surface area contributed by atoms with E-state index < -0.39 is 17.5 Å². The topological polar surface area (TPSA) is 74.6 Å². The van der Waals surface area contributed by atoms with Gasteiger partial charge in [-0.15, -0.1) is 0 Å². The molecule has 0 rings (SSSR count). The molecule has 0 aromatic carbocycles. The molecule has 2 N–H and O–H groups in total. The molecule has 28 heavy (non-hydrogen) atoms. The predicted octanol–water partition coefficient (Wildman–Crippen LogP) is 5.43. The number of aliphatic hydroxyl groups excluding tert-OH is 2. The number of carbonyl (C=O) groups excluding carboxylic acids is 2. The number of thiol groups is 1. The number of carbonyl (C=O) groups is 2. The summed E-state index contributed by atoms with van der Waals surface area (Å²) in [6, 6.07) is 0. The Labute approximate surface area is 178 Å². The van der Waals surface area contributed by atoms with Gasteiger partial charge in [0.05, 0.1) is 6.61 Å². The standard InChI is InChI=1S/C23H44O4S/c1-3-5-7-9-11-13-15-17-20(25)23(28,22(27)19-24)21(26)18-16-14-12-10-8-6-4-2/h22,24,27-28H,3-19H2,1-2H3. The lowest BCUT2D eigenvalue weighted by atomic mass is 9.86. The van der Waals surface area contributed by atoms with Gasteiger partial charge in [0.15, 0.2) is 16.3 Å². The van der Waals surface area contributed by atoms with E-state index in [0.29, 0.717) is 12.8 Å². The number of rotatable bonds is 20. The summed E-state index contributed by atoms with van der Waals surface area (Å²) >= 11 is 4.32. The summed E-state index contributed by atoms with van der Waals surface area (Å²) in [7, 11) is 0. The van der Waals surface area contributed by atoms with Crippen molar-refractivity contribution >= 4 is 24.2 Å². The Morgan fingerprint density at radius 2 is 1.04 bits per heavy atom. The van der Waals surface area contributed by atoms with Crippen LogP contribution in [0.4, 0.5) is 0 Å². The van der Waals surface area contributed by atoms with Gasteiger partial charge in [0.1, 0.15) is 6.10 Å². The number of hydrogen-bond acceptors (Lipinski definition) is 5. The number of unbranched alkanes of at least 4 members (excludes halogenated alkanes) is 12. The van der Waals surface area contributed by atoms with E-state index in [1.54, 1.807) is 0 Å². The Morgan fingerprint density at radius 3 is 1.36 bits per heavy atom. The van der Waals surface area contributed by atoms with Crippen molar-refractivity contribution in [3.05, 3.63) is 0 Å². The molecule has 0 fully saturated rings. The van der Waals surface area contributed by atoms with E-state index in [1.807, 2.05) is 0 Å². The molecule has 1 atom stereocenters. The maximum atomic E-state index is 12.7. The monoisotopic (exact) mass is 416 g/mol. The molecule has 0 saturated heterocycles. The van der Waals surface area contributed by atoms with Gasteiger partial charge in [0, 0.05) is 12.8 Å². The van der Waals surface area contributed by atoms with E-state index in [0.717, 1.165) is 25.7 Å². The van der Waals surface area contributed by atoms with Gasteiger partial charge in [-0.3, -0.25) is 9.59 Å². The van der Waals surface area contributed by atoms with Crippen molar-refractivity contribution in [3.8, 4) is 0 Å². The number of Topliss-reactive ketones (excluding diaryl/α,β-unsaturated/α-hetero) is 2. The molecule has 5 heteroatoms. The van der Waals surface area contributed by atoms with Gasteiger partial charge in [0.25, 0.3) is 0 Å². The van der Waals surface area contributed by atoms with Gasteiger partial charge >= 0.3 is 0 Å². The van der Waals surface area contributed by atoms with Crippen molar-refractivity contribution < 1.29 is 19.8 Å². The highest BCUT2D eigenvalue weighted by atomic mass is 32.1. The third-order valence-corrected chi connectivity index (χ3v) is 6.32. The average molecular weight is 417 g/mol. The van der Waals surface area contributed by atoms with Crippen LogP contribution in [0.1, 0.15) is 117 Å². The van der Waals surface area contributed by atoms with Gasteiger partial charge in [-0.2, -0.15) is 12.6 Å². The summed E-state index contributed by atoms with van der Waals surface area (Å²) in [5.74, 6) is -0.697. The van der Waals surface area contributed by atoms with Crippen molar-refractivity contribution in [2.75, 3.05) is 6.61 Å². The Balaban J connectivity index is 4.37. The molecule has 0 aromatic heterocycles. The first-order chi connectivity index (χ1) is 13.4. The zero-order valence-corrected chi connectivity index (χ0v) is 19.2. The minimum Gasteiger partial charge on any atom is -0.394 e. The van der Waals surface area contributed by atoms with Crippen LogP contribution >= 0.6 is 12.6 Å². The maximum Gasteiger partial charge on any atom is 0.158 e. The fourth-order valence-corrected chi connectivity index (χ4v) is 3.83. The third kappa shape index (κ3) is 11.0. The highest BCUT2D eigenvalue weighted by Crippen LogP contribution is 2.28. The summed E-state index contributed by atoms with van der Waals surface area (Å²) in [6.07, 6.45) is 14.2. The van der Waals surface area contributed by atoms with Gasteiger partial charge in [-0.05, 0) is 12.8 Å². The maximum absolute atomic E-state index is 12.7. The van der Waals surface area contributed by atoms with Crippen molar-refractivity contribution in [2.45, 2.75) is 127 Å². The Kier molecular flexibility index (Phi) is 17.2. The summed E-state index contributed by atoms with van der Waals surface area (Å²) < 4.78 is -1.76. The molecule has 0 radical (unpaired) electrons. The summed E-state index contributed by atoms with van der Waals surface area (Å²) in [5.41, 5.74) is 0. The molecule has 0 saturated carbocycles. The van der Waals surface area contributed by atoms with Crippen molar-refractivity contribution in [2.24, 2.45) is 0 Å². The van der Waals surface area contributed by atoms with Crippen LogP contribution in [0.5, 0.6) is 0 Å². The van der Waals surface area contributed by atoms with Crippen molar-refractivity contribution in [1.29, 1.82) is 0 Å². The van der Waals surface area contributed by atoms with E-state index in [4.69, 9.17) is 0 Å². The molecule has 0 aliphatic heterocycles. The van der Waals surface area contributed by atoms with E-state index in [2.05, 4.69) is 26.5 Å². The van der Waals surface area contributed by atoms with E-state index in [9.17, 15) is 19.8 Å². The van der Waals surface area contributed by atoms with Crippen LogP contribution in [0.25, 0.3) is 0 Å². The number of aliphatic hydroxyl groups is 2. The van der Waals surface area contributed by atoms with Crippen LogP contribution in [0.2, 0.25) is 0 Å². The van der Waals surface area contributed by atoms with E-state index >= 15 is 0 Å². The highest BCUT2D eigenvalue weighted by Gasteiger charge is 2.46. The highest BCUT2D eigenvalue weighted by molar-refractivity contribution is 7.83. The van der Waals surface area contributed by atoms with Gasteiger partial charge in [0.2, 0.25) is 0 Å². The van der Waals surface area contributed by atoms with Gasteiger partial charge in [-0.1, -0.05) is 90.9 Å². The molecule has 4 nitrogen and oxygen atoms in total. The first-order valence-corrected chi connectivity index (χ1v) is 12.0. The van der Waals surface area contributed by atoms with Crippen molar-refractivity contribution in [1.82, 2.24) is 0 Å². The molecule has 0 aliphatic rings. The molecule has 0 heterocycles. The fraction of sp³-hybridized carbons (Fsp3) is 0.913. The van der Waals surface area contributed by atoms with E-state index in [-0.39, 0.29) is 24.4 Å². The Morgan fingerprint density at radius 1 is 0.714 bits per heavy atom. The first kappa shape index (κ1) is 27.6. The average Bonchev–Trinajstić information content (AvgIpc) is 2.70. The molecule has 1 unspecified atom stereocenters. The lowest BCUT2D eigenvalue weighted by molar-refractivity contribution is -0.135. The lowest BCUT2D eigenvalue weighted by Gasteiger charge is -2.30. The molecule has 166 valence electrons. The molecular formula is C23H44O4S. The molecule has 0 amide bonds. The number of hydrogen-bond donors (Lipinski definition) is 3. The molecular weight excluding hydrogens is 372 g/mol. The second kappa shape index (κ2) is 17.5. The van der Waals surface area contributed by atoms with Crippen LogP contribution < -0.4 is 0 Å². The Bertz CT molecular complexity index is 381. The van der Waals surface area contributed by atoms with E-state index in [1.165, 1.54) is 51.4 Å². The summed E-state index contributed by atoms with van der Waals surface area (Å²) in [5, 5.41) is 19.5. The molecule has 0 bridgehead atoms. The zero-order valence-electron chi connectivity index (χ0n) is 18.3. The van der Waals surface area contributed by atoms with Crippen LogP contribution in [-0.4, -0.2) is 39.2 Å². The van der Waals surface area contributed by atoms with Crippen LogP contribution in [0.3, 0.4) is 0 Å². The van der Waals surface area contributed by atoms with Crippen LogP contribution in [-0.2, 0) is 9.59 Å². The minimum atomic E-state index is -1.76.